The first-order valence-electron chi connectivity index (χ1n) is 12.9. The van der Waals surface area contributed by atoms with Crippen LogP contribution < -0.4 is 21.2 Å². The Morgan fingerprint density at radius 1 is 0.744 bits per heavy atom. The fourth-order valence-corrected chi connectivity index (χ4v) is 7.87. The summed E-state index contributed by atoms with van der Waals surface area (Å²) < 4.78 is 87.1. The number of aliphatic hydroxyl groups is 1. The summed E-state index contributed by atoms with van der Waals surface area (Å²) in [6, 6.07) is 18.4. The van der Waals surface area contributed by atoms with Crippen LogP contribution in [0.4, 0.5) is 17.6 Å². The molecule has 2 aromatic carbocycles. The molecule has 2 saturated carbocycles. The van der Waals surface area contributed by atoms with Gasteiger partial charge in [-0.15, -0.1) is 0 Å². The molecule has 0 amide bonds. The van der Waals surface area contributed by atoms with Crippen molar-refractivity contribution < 1.29 is 56.8 Å². The highest BCUT2D eigenvalue weighted by molar-refractivity contribution is 7.86. The van der Waals surface area contributed by atoms with E-state index in [9.17, 15) is 35.6 Å². The Morgan fingerprint density at radius 3 is 1.44 bits per heavy atom. The molecule has 0 radical (unpaired) electrons. The van der Waals surface area contributed by atoms with Crippen LogP contribution in [0.1, 0.15) is 71.9 Å². The highest BCUT2D eigenvalue weighted by atomic mass is 127. The fourth-order valence-electron chi connectivity index (χ4n) is 5.22. The Labute approximate surface area is 239 Å². The molecule has 218 valence electrons. The molecule has 2 aliphatic carbocycles. The van der Waals surface area contributed by atoms with Crippen LogP contribution in [0.3, 0.4) is 0 Å². The van der Waals surface area contributed by atoms with Crippen LogP contribution in [0.5, 0.6) is 0 Å². The monoisotopic (exact) mass is 684 g/mol. The van der Waals surface area contributed by atoms with E-state index in [0.29, 0.717) is 0 Å². The summed E-state index contributed by atoms with van der Waals surface area (Å²) in [5.41, 5.74) is 3.31. The minimum Gasteiger partial charge on any atom is -0.743 e. The minimum absolute atomic E-state index is 0.0556. The van der Waals surface area contributed by atoms with Crippen LogP contribution in [0.15, 0.2) is 48.5 Å². The van der Waals surface area contributed by atoms with Gasteiger partial charge in [-0.25, -0.2) is 8.42 Å². The number of benzene rings is 2. The van der Waals surface area contributed by atoms with Crippen LogP contribution in [-0.4, -0.2) is 35.4 Å². The largest absolute Gasteiger partial charge is 0.743 e. The predicted molar refractivity (Wildman–Crippen MR) is 138 cm³/mol. The molecule has 2 bridgehead atoms. The van der Waals surface area contributed by atoms with Crippen LogP contribution in [0.25, 0.3) is 0 Å². The Hall–Kier alpha value is -1.24. The lowest BCUT2D eigenvalue weighted by Gasteiger charge is -2.37. The summed E-state index contributed by atoms with van der Waals surface area (Å²) >= 11 is -0.0703. The molecule has 0 heterocycles. The lowest BCUT2D eigenvalue weighted by atomic mass is 9.83. The van der Waals surface area contributed by atoms with Gasteiger partial charge in [0.05, 0.1) is 6.10 Å². The molecule has 4 rings (SSSR count). The predicted octanol–water partition coefficient (Wildman–Crippen LogP) is 3.58. The Morgan fingerprint density at radius 2 is 1.15 bits per heavy atom. The maximum atomic E-state index is 13.6. The molecule has 2 aliphatic rings. The van der Waals surface area contributed by atoms with Gasteiger partial charge < -0.3 is 9.66 Å². The molecule has 4 unspecified atom stereocenters. The van der Waals surface area contributed by atoms with Gasteiger partial charge in [0.2, 0.25) is 0 Å². The third kappa shape index (κ3) is 7.16. The summed E-state index contributed by atoms with van der Waals surface area (Å²) in [5, 5.41) is 3.74. The maximum absolute atomic E-state index is 13.6. The van der Waals surface area contributed by atoms with Crippen LogP contribution >= 0.6 is 0 Å². The molecule has 0 spiro atoms. The van der Waals surface area contributed by atoms with E-state index in [1.807, 2.05) is 0 Å². The molecule has 39 heavy (non-hydrogen) atoms. The van der Waals surface area contributed by atoms with Crippen molar-refractivity contribution in [1.29, 1.82) is 0 Å². The van der Waals surface area contributed by atoms with Crippen LogP contribution in [0.2, 0.25) is 0 Å². The number of halogens is 5. The minimum atomic E-state index is -6.42. The van der Waals surface area contributed by atoms with Crippen molar-refractivity contribution in [3.63, 3.8) is 0 Å². The van der Waals surface area contributed by atoms with Gasteiger partial charge in [-0.2, -0.15) is 17.6 Å². The van der Waals surface area contributed by atoms with Gasteiger partial charge in [-0.1, -0.05) is 65.8 Å². The van der Waals surface area contributed by atoms with Crippen molar-refractivity contribution in [1.82, 2.24) is 0 Å². The maximum Gasteiger partial charge on any atom is 0.396 e. The second-order valence-electron chi connectivity index (χ2n) is 12.6. The van der Waals surface area contributed by atoms with E-state index in [-0.39, 0.29) is 51.3 Å². The van der Waals surface area contributed by atoms with E-state index >= 15 is 0 Å². The molecular weight excluding hydrogens is 647 g/mol. The molecule has 2 fully saturated rings. The first kappa shape index (κ1) is 32.3. The summed E-state index contributed by atoms with van der Waals surface area (Å²) in [6.07, 6.45) is -1.08. The topological polar surface area (TPSA) is 77.4 Å². The van der Waals surface area contributed by atoms with Crippen molar-refractivity contribution in [3.8, 4) is 0 Å². The Kier molecular flexibility index (Phi) is 9.28. The fraction of sp³-hybridized carbons (Fsp3) is 0.586. The van der Waals surface area contributed by atoms with Crippen molar-refractivity contribution in [2.75, 3.05) is 0 Å². The quantitative estimate of drug-likeness (QED) is 0.297. The van der Waals surface area contributed by atoms with E-state index in [2.05, 4.69) is 90.1 Å². The second-order valence-corrected chi connectivity index (χ2v) is 17.1. The Bertz CT molecular complexity index is 1180. The molecule has 4 atom stereocenters. The van der Waals surface area contributed by atoms with Gasteiger partial charge in [0.15, 0.2) is 17.3 Å². The van der Waals surface area contributed by atoms with Crippen molar-refractivity contribution in [2.24, 2.45) is 17.8 Å². The van der Waals surface area contributed by atoms with Gasteiger partial charge in [0, 0.05) is 5.92 Å². The zero-order valence-electron chi connectivity index (χ0n) is 23.0. The standard InChI is InChI=1S/C20H26I.C9H12F4O4S/c1-19(2,3)15-7-11-17(12-8-15)21-18-13-9-16(10-14-18)20(4,5)6;10-8(11,9(12,13)18(15,16)17)6-2-5-1-4(6)3-7(5)14/h7-14H,1-6H3;4-7,14H,1-3H2,(H,15,16,17)/q+1;/p-1. The molecule has 10 heteroatoms. The third-order valence-electron chi connectivity index (χ3n) is 7.63. The van der Waals surface area contributed by atoms with E-state index in [1.165, 1.54) is 18.3 Å². The van der Waals surface area contributed by atoms with E-state index in [1.54, 1.807) is 0 Å². The van der Waals surface area contributed by atoms with Crippen molar-refractivity contribution in [2.45, 2.75) is 88.9 Å². The number of rotatable bonds is 5. The zero-order chi connectivity index (χ0) is 29.6. The van der Waals surface area contributed by atoms with Gasteiger partial charge in [-0.3, -0.25) is 0 Å². The number of hydrogen-bond donors (Lipinski definition) is 1. The summed E-state index contributed by atoms with van der Waals surface area (Å²) in [6.45, 7) is 13.6. The summed E-state index contributed by atoms with van der Waals surface area (Å²) in [5.74, 6) is -8.15. The highest BCUT2D eigenvalue weighted by Crippen LogP contribution is 2.58. The van der Waals surface area contributed by atoms with E-state index in [4.69, 9.17) is 0 Å². The SMILES string of the molecule is CC(C)(C)c1ccc([I+]c2ccc(C(C)(C)C)cc2)cc1.O=S(=O)([O-])C(F)(F)C(F)(F)C1CC2CC1CC2O. The molecule has 0 aliphatic heterocycles. The van der Waals surface area contributed by atoms with Gasteiger partial charge in [-0.05, 0) is 77.3 Å². The van der Waals surface area contributed by atoms with Gasteiger partial charge >= 0.3 is 32.4 Å². The number of alkyl halides is 4. The molecule has 2 aromatic rings. The first-order chi connectivity index (χ1) is 17.6. The third-order valence-corrected chi connectivity index (χ3v) is 11.2. The number of hydrogen-bond acceptors (Lipinski definition) is 4. The second kappa shape index (κ2) is 11.2. The number of fused-ring (bicyclic) bond motifs is 2. The first-order valence-corrected chi connectivity index (χ1v) is 16.5. The molecule has 0 aromatic heterocycles. The molecule has 0 saturated heterocycles. The Balaban J connectivity index is 0.000000218. The van der Waals surface area contributed by atoms with E-state index < -0.39 is 45.2 Å². The van der Waals surface area contributed by atoms with E-state index in [0.717, 1.165) is 0 Å². The zero-order valence-corrected chi connectivity index (χ0v) is 26.0. The van der Waals surface area contributed by atoms with Crippen molar-refractivity contribution in [3.05, 3.63) is 66.8 Å². The highest BCUT2D eigenvalue weighted by Gasteiger charge is 2.69. The van der Waals surface area contributed by atoms with Crippen LogP contribution in [-0.2, 0) is 20.9 Å². The smallest absolute Gasteiger partial charge is 0.396 e. The van der Waals surface area contributed by atoms with Gasteiger partial charge in [0.25, 0.3) is 0 Å². The van der Waals surface area contributed by atoms with Gasteiger partial charge in [0.1, 0.15) is 0 Å². The molecule has 4 nitrogen and oxygen atoms in total. The number of aliphatic hydroxyl groups excluding tert-OH is 1. The van der Waals surface area contributed by atoms with Crippen molar-refractivity contribution >= 4 is 10.1 Å². The summed E-state index contributed by atoms with van der Waals surface area (Å²) in [7, 11) is -6.42. The normalized spacial score (nSPS) is 23.9. The molecular formula is C29H37F4IO4S. The van der Waals surface area contributed by atoms with Crippen LogP contribution in [0, 0.1) is 24.9 Å². The summed E-state index contributed by atoms with van der Waals surface area (Å²) in [4.78, 5) is 0. The lowest BCUT2D eigenvalue weighted by Crippen LogP contribution is -3.61. The lowest BCUT2D eigenvalue weighted by molar-refractivity contribution is -0.597. The average Bonchev–Trinajstić information content (AvgIpc) is 3.38. The molecule has 1 N–H and O–H groups in total. The average molecular weight is 685 g/mol.